The van der Waals surface area contributed by atoms with Crippen molar-refractivity contribution in [3.8, 4) is 5.75 Å². The molecule has 11 nitrogen and oxygen atoms in total. The molecule has 0 saturated heterocycles. The van der Waals surface area contributed by atoms with Gasteiger partial charge in [0, 0.05) is 12.3 Å². The van der Waals surface area contributed by atoms with Gasteiger partial charge >= 0.3 is 0 Å². The second kappa shape index (κ2) is 27.5. The molecular weight excluding hydrogens is 486 g/mol. The maximum absolute atomic E-state index is 5.63. The first-order valence-corrected chi connectivity index (χ1v) is 13.0. The number of ether oxygens (including phenoxy) is 10. The van der Waals surface area contributed by atoms with E-state index in [1.165, 1.54) is 0 Å². The molecule has 0 amide bonds. The SMILES string of the molecule is CCOCCOCCOCCOCCOCCOCCOCCOCCOCCOc1ccc(N)cc1. The van der Waals surface area contributed by atoms with Gasteiger partial charge in [-0.25, -0.2) is 0 Å². The van der Waals surface area contributed by atoms with E-state index in [0.29, 0.717) is 131 Å². The van der Waals surface area contributed by atoms with Gasteiger partial charge in [-0.1, -0.05) is 0 Å². The molecule has 0 fully saturated rings. The Balaban J connectivity index is 1.64. The summed E-state index contributed by atoms with van der Waals surface area (Å²) in [5.74, 6) is 0.775. The molecule has 1 rings (SSSR count). The van der Waals surface area contributed by atoms with Crippen molar-refractivity contribution >= 4 is 5.69 Å². The highest BCUT2D eigenvalue weighted by Gasteiger charge is 1.96. The Labute approximate surface area is 221 Å². The lowest BCUT2D eigenvalue weighted by Gasteiger charge is -2.09. The van der Waals surface area contributed by atoms with E-state index in [-0.39, 0.29) is 0 Å². The summed E-state index contributed by atoms with van der Waals surface area (Å²) < 4.78 is 54.2. The lowest BCUT2D eigenvalue weighted by atomic mass is 10.3. The fourth-order valence-electron chi connectivity index (χ4n) is 2.69. The Morgan fingerprint density at radius 1 is 0.405 bits per heavy atom. The van der Waals surface area contributed by atoms with Gasteiger partial charge in [-0.2, -0.15) is 0 Å². The van der Waals surface area contributed by atoms with Crippen molar-refractivity contribution in [3.05, 3.63) is 24.3 Å². The Hall–Kier alpha value is -1.54. The predicted octanol–water partition coefficient (Wildman–Crippen LogP) is 1.82. The third kappa shape index (κ3) is 24.5. The Morgan fingerprint density at radius 2 is 0.676 bits per heavy atom. The summed E-state index contributed by atoms with van der Waals surface area (Å²) in [6.07, 6.45) is 0. The van der Waals surface area contributed by atoms with Crippen LogP contribution in [0.25, 0.3) is 0 Å². The molecule has 11 heteroatoms. The van der Waals surface area contributed by atoms with Gasteiger partial charge < -0.3 is 53.1 Å². The Bertz CT molecular complexity index is 579. The summed E-state index contributed by atoms with van der Waals surface area (Å²) in [7, 11) is 0. The third-order valence-corrected chi connectivity index (χ3v) is 4.56. The van der Waals surface area contributed by atoms with Crippen LogP contribution in [0, 0.1) is 0 Å². The molecule has 37 heavy (non-hydrogen) atoms. The molecule has 1 aromatic carbocycles. The van der Waals surface area contributed by atoms with Gasteiger partial charge in [0.2, 0.25) is 0 Å². The van der Waals surface area contributed by atoms with Gasteiger partial charge in [0.1, 0.15) is 12.4 Å². The summed E-state index contributed by atoms with van der Waals surface area (Å²) in [6, 6.07) is 7.27. The first-order valence-electron chi connectivity index (χ1n) is 13.0. The van der Waals surface area contributed by atoms with Gasteiger partial charge in [0.05, 0.1) is 112 Å². The van der Waals surface area contributed by atoms with E-state index in [9.17, 15) is 0 Å². The molecule has 0 aliphatic carbocycles. The van der Waals surface area contributed by atoms with Crippen LogP contribution in [-0.4, -0.2) is 126 Å². The molecule has 2 N–H and O–H groups in total. The van der Waals surface area contributed by atoms with E-state index >= 15 is 0 Å². The molecule has 1 aromatic rings. The monoisotopic (exact) mass is 533 g/mol. The fourth-order valence-corrected chi connectivity index (χ4v) is 2.69. The van der Waals surface area contributed by atoms with Crippen molar-refractivity contribution in [1.29, 1.82) is 0 Å². The highest BCUT2D eigenvalue weighted by atomic mass is 16.6. The molecular formula is C26H47NO10. The third-order valence-electron chi connectivity index (χ3n) is 4.56. The van der Waals surface area contributed by atoms with Crippen LogP contribution in [0.15, 0.2) is 24.3 Å². The molecule has 0 radical (unpaired) electrons. The average Bonchev–Trinajstić information content (AvgIpc) is 2.91. The summed E-state index contributed by atoms with van der Waals surface area (Å²) in [5, 5.41) is 0. The second-order valence-electron chi connectivity index (χ2n) is 7.51. The quantitative estimate of drug-likeness (QED) is 0.120. The molecule has 0 spiro atoms. The molecule has 0 saturated carbocycles. The van der Waals surface area contributed by atoms with Crippen molar-refractivity contribution in [2.45, 2.75) is 6.92 Å². The zero-order valence-corrected chi connectivity index (χ0v) is 22.4. The number of benzene rings is 1. The minimum Gasteiger partial charge on any atom is -0.491 e. The lowest BCUT2D eigenvalue weighted by molar-refractivity contribution is -0.0252. The number of nitrogens with two attached hydrogens (primary N) is 1. The average molecular weight is 534 g/mol. The highest BCUT2D eigenvalue weighted by Crippen LogP contribution is 2.12. The maximum Gasteiger partial charge on any atom is 0.119 e. The number of rotatable bonds is 29. The van der Waals surface area contributed by atoms with Gasteiger partial charge in [-0.3, -0.25) is 0 Å². The van der Waals surface area contributed by atoms with Crippen LogP contribution < -0.4 is 10.5 Å². The molecule has 0 atom stereocenters. The number of hydrogen-bond donors (Lipinski definition) is 1. The normalized spacial score (nSPS) is 11.3. The Kier molecular flexibility index (Phi) is 24.9. The van der Waals surface area contributed by atoms with Crippen LogP contribution in [0.1, 0.15) is 6.92 Å². The first kappa shape index (κ1) is 33.5. The van der Waals surface area contributed by atoms with Crippen LogP contribution in [0.3, 0.4) is 0 Å². The lowest BCUT2D eigenvalue weighted by Crippen LogP contribution is -2.15. The van der Waals surface area contributed by atoms with Gasteiger partial charge in [-0.15, -0.1) is 0 Å². The molecule has 0 unspecified atom stereocenters. The van der Waals surface area contributed by atoms with Crippen molar-refractivity contribution in [2.24, 2.45) is 0 Å². The smallest absolute Gasteiger partial charge is 0.119 e. The van der Waals surface area contributed by atoms with E-state index in [4.69, 9.17) is 53.1 Å². The molecule has 0 heterocycles. The molecule has 0 bridgehead atoms. The van der Waals surface area contributed by atoms with Crippen molar-refractivity contribution in [1.82, 2.24) is 0 Å². The van der Waals surface area contributed by atoms with Gasteiger partial charge in [0.15, 0.2) is 0 Å². The second-order valence-corrected chi connectivity index (χ2v) is 7.51. The van der Waals surface area contributed by atoms with Crippen LogP contribution in [0.5, 0.6) is 5.75 Å². The number of nitrogen functional groups attached to an aromatic ring is 1. The van der Waals surface area contributed by atoms with Crippen molar-refractivity contribution < 1.29 is 47.4 Å². The molecule has 0 aliphatic heterocycles. The molecule has 0 aromatic heterocycles. The molecule has 0 aliphatic rings. The van der Waals surface area contributed by atoms with Crippen molar-refractivity contribution in [3.63, 3.8) is 0 Å². The van der Waals surface area contributed by atoms with Gasteiger partial charge in [0.25, 0.3) is 0 Å². The van der Waals surface area contributed by atoms with E-state index in [1.807, 2.05) is 19.1 Å². The van der Waals surface area contributed by atoms with Crippen LogP contribution in [0.4, 0.5) is 5.69 Å². The van der Waals surface area contributed by atoms with Crippen LogP contribution in [-0.2, 0) is 42.6 Å². The van der Waals surface area contributed by atoms with Crippen LogP contribution >= 0.6 is 0 Å². The van der Waals surface area contributed by atoms with E-state index in [1.54, 1.807) is 12.1 Å². The van der Waals surface area contributed by atoms with Crippen LogP contribution in [0.2, 0.25) is 0 Å². The number of hydrogen-bond acceptors (Lipinski definition) is 11. The van der Waals surface area contributed by atoms with E-state index < -0.39 is 0 Å². The summed E-state index contributed by atoms with van der Waals surface area (Å²) in [6.45, 7) is 12.2. The zero-order chi connectivity index (χ0) is 26.5. The fraction of sp³-hybridized carbons (Fsp3) is 0.769. The largest absolute Gasteiger partial charge is 0.491 e. The molecule has 216 valence electrons. The predicted molar refractivity (Wildman–Crippen MR) is 139 cm³/mol. The maximum atomic E-state index is 5.63. The van der Waals surface area contributed by atoms with E-state index in [0.717, 1.165) is 5.75 Å². The zero-order valence-electron chi connectivity index (χ0n) is 22.4. The first-order chi connectivity index (χ1) is 18.3. The Morgan fingerprint density at radius 3 is 0.973 bits per heavy atom. The standard InChI is InChI=1S/C26H47NO10/c1-2-28-7-8-29-9-10-30-11-12-31-13-14-32-15-16-33-17-18-34-19-20-35-21-22-36-23-24-37-26-5-3-25(27)4-6-26/h3-6H,2,7-24,27H2,1H3. The topological polar surface area (TPSA) is 118 Å². The number of anilines is 1. The minimum absolute atomic E-state index is 0.481. The highest BCUT2D eigenvalue weighted by molar-refractivity contribution is 5.41. The summed E-state index contributed by atoms with van der Waals surface area (Å²) >= 11 is 0. The van der Waals surface area contributed by atoms with Gasteiger partial charge in [-0.05, 0) is 31.2 Å². The minimum atomic E-state index is 0.481. The van der Waals surface area contributed by atoms with E-state index in [2.05, 4.69) is 0 Å². The van der Waals surface area contributed by atoms with Crippen molar-refractivity contribution in [2.75, 3.05) is 131 Å². The summed E-state index contributed by atoms with van der Waals surface area (Å²) in [4.78, 5) is 0. The summed E-state index contributed by atoms with van der Waals surface area (Å²) in [5.41, 5.74) is 6.34.